The highest BCUT2D eigenvalue weighted by atomic mass is 16.5. The lowest BCUT2D eigenvalue weighted by Crippen LogP contribution is -2.39. The van der Waals surface area contributed by atoms with E-state index in [1.54, 1.807) is 0 Å². The number of hydrogen-bond donors (Lipinski definition) is 2. The molecule has 0 bridgehead atoms. The quantitative estimate of drug-likeness (QED) is 0.528. The molecule has 4 nitrogen and oxygen atoms in total. The molecule has 3 N–H and O–H groups in total. The highest BCUT2D eigenvalue weighted by Crippen LogP contribution is 2.03. The molecule has 2 atom stereocenters. The summed E-state index contributed by atoms with van der Waals surface area (Å²) in [5.74, 6) is 0. The van der Waals surface area contributed by atoms with E-state index in [0.717, 1.165) is 32.3 Å². The molecule has 0 aliphatic heterocycles. The van der Waals surface area contributed by atoms with Gasteiger partial charge in [-0.15, -0.1) is 0 Å². The van der Waals surface area contributed by atoms with Gasteiger partial charge >= 0.3 is 0 Å². The number of ether oxygens (including phenoxy) is 2. The number of unbranched alkanes of at least 4 members (excludes halogenated alkanes) is 1. The zero-order valence-electron chi connectivity index (χ0n) is 10.7. The standard InChI is InChI=1S/C12H27NO3/c1-3-5-7-15-8-9-16-12(10-14)11(13)6-4-2/h11-12,14H,3-10,13H2,1-2H3. The Morgan fingerprint density at radius 1 is 1.12 bits per heavy atom. The second-order valence-corrected chi connectivity index (χ2v) is 4.01. The van der Waals surface area contributed by atoms with Gasteiger partial charge in [0.25, 0.3) is 0 Å². The van der Waals surface area contributed by atoms with Crippen molar-refractivity contribution in [2.45, 2.75) is 51.7 Å². The van der Waals surface area contributed by atoms with E-state index in [4.69, 9.17) is 20.3 Å². The minimum Gasteiger partial charge on any atom is -0.394 e. The molecule has 0 aliphatic carbocycles. The zero-order valence-corrected chi connectivity index (χ0v) is 10.7. The maximum Gasteiger partial charge on any atom is 0.0957 e. The van der Waals surface area contributed by atoms with Crippen LogP contribution in [0.2, 0.25) is 0 Å². The Morgan fingerprint density at radius 2 is 1.88 bits per heavy atom. The maximum absolute atomic E-state index is 9.12. The van der Waals surface area contributed by atoms with E-state index in [1.807, 2.05) is 0 Å². The Kier molecular flexibility index (Phi) is 11.2. The van der Waals surface area contributed by atoms with Gasteiger partial charge in [-0.2, -0.15) is 0 Å². The van der Waals surface area contributed by atoms with Crippen LogP contribution in [-0.4, -0.2) is 43.7 Å². The highest BCUT2D eigenvalue weighted by Gasteiger charge is 2.16. The van der Waals surface area contributed by atoms with Gasteiger partial charge in [0.05, 0.1) is 25.9 Å². The molecule has 4 heteroatoms. The fourth-order valence-corrected chi connectivity index (χ4v) is 1.44. The van der Waals surface area contributed by atoms with Crippen LogP contribution in [-0.2, 0) is 9.47 Å². The van der Waals surface area contributed by atoms with Crippen molar-refractivity contribution < 1.29 is 14.6 Å². The largest absolute Gasteiger partial charge is 0.394 e. The van der Waals surface area contributed by atoms with Crippen molar-refractivity contribution in [1.29, 1.82) is 0 Å². The average molecular weight is 233 g/mol. The molecule has 0 radical (unpaired) electrons. The van der Waals surface area contributed by atoms with Gasteiger partial charge in [0.1, 0.15) is 0 Å². The van der Waals surface area contributed by atoms with Crippen LogP contribution in [0.25, 0.3) is 0 Å². The summed E-state index contributed by atoms with van der Waals surface area (Å²) in [5, 5.41) is 9.12. The van der Waals surface area contributed by atoms with Gasteiger partial charge in [0.15, 0.2) is 0 Å². The molecule has 98 valence electrons. The van der Waals surface area contributed by atoms with Gasteiger partial charge in [-0.1, -0.05) is 26.7 Å². The average Bonchev–Trinajstić information content (AvgIpc) is 2.28. The minimum absolute atomic E-state index is 0.0177. The molecule has 0 aromatic rings. The van der Waals surface area contributed by atoms with E-state index in [1.165, 1.54) is 0 Å². The fraction of sp³-hybridized carbons (Fsp3) is 1.00. The second kappa shape index (κ2) is 11.3. The van der Waals surface area contributed by atoms with Gasteiger partial charge in [-0.05, 0) is 12.8 Å². The second-order valence-electron chi connectivity index (χ2n) is 4.01. The molecule has 0 amide bonds. The van der Waals surface area contributed by atoms with Crippen molar-refractivity contribution in [3.63, 3.8) is 0 Å². The normalized spacial score (nSPS) is 15.0. The molecule has 0 fully saturated rings. The molecule has 0 rings (SSSR count). The number of rotatable bonds is 11. The van der Waals surface area contributed by atoms with Crippen LogP contribution in [0.15, 0.2) is 0 Å². The molecular formula is C12H27NO3. The van der Waals surface area contributed by atoms with E-state index < -0.39 is 0 Å². The van der Waals surface area contributed by atoms with E-state index in [0.29, 0.717) is 13.2 Å². The zero-order chi connectivity index (χ0) is 12.2. The first-order valence-electron chi connectivity index (χ1n) is 6.32. The molecule has 0 heterocycles. The predicted molar refractivity (Wildman–Crippen MR) is 65.4 cm³/mol. The van der Waals surface area contributed by atoms with Gasteiger partial charge in [0, 0.05) is 12.6 Å². The van der Waals surface area contributed by atoms with Gasteiger partial charge < -0.3 is 20.3 Å². The van der Waals surface area contributed by atoms with Gasteiger partial charge in [-0.25, -0.2) is 0 Å². The van der Waals surface area contributed by atoms with Crippen molar-refractivity contribution in [2.75, 3.05) is 26.4 Å². The molecule has 0 saturated carbocycles. The first kappa shape index (κ1) is 15.8. The smallest absolute Gasteiger partial charge is 0.0957 e. The summed E-state index contributed by atoms with van der Waals surface area (Å²) in [4.78, 5) is 0. The van der Waals surface area contributed by atoms with Crippen molar-refractivity contribution in [2.24, 2.45) is 5.73 Å². The molecule has 0 aromatic heterocycles. The highest BCUT2D eigenvalue weighted by molar-refractivity contribution is 4.71. The molecule has 0 spiro atoms. The summed E-state index contributed by atoms with van der Waals surface area (Å²) >= 11 is 0. The van der Waals surface area contributed by atoms with Crippen LogP contribution in [0.1, 0.15) is 39.5 Å². The molecule has 0 aromatic carbocycles. The fourth-order valence-electron chi connectivity index (χ4n) is 1.44. The summed E-state index contributed by atoms with van der Waals surface area (Å²) in [6.45, 7) is 6.05. The summed E-state index contributed by atoms with van der Waals surface area (Å²) in [6, 6.07) is -0.0781. The van der Waals surface area contributed by atoms with Crippen molar-refractivity contribution in [3.8, 4) is 0 Å². The third-order valence-electron chi connectivity index (χ3n) is 2.48. The maximum atomic E-state index is 9.12. The third kappa shape index (κ3) is 8.05. The third-order valence-corrected chi connectivity index (χ3v) is 2.48. The van der Waals surface area contributed by atoms with Crippen LogP contribution in [0, 0.1) is 0 Å². The Hall–Kier alpha value is -0.160. The van der Waals surface area contributed by atoms with Crippen LogP contribution >= 0.6 is 0 Å². The van der Waals surface area contributed by atoms with Crippen LogP contribution in [0.4, 0.5) is 0 Å². The Bertz CT molecular complexity index is 144. The van der Waals surface area contributed by atoms with Crippen LogP contribution in [0.3, 0.4) is 0 Å². The molecule has 0 saturated heterocycles. The summed E-state index contributed by atoms with van der Waals surface area (Å²) in [7, 11) is 0. The lowest BCUT2D eigenvalue weighted by molar-refractivity contribution is -0.0314. The number of aliphatic hydroxyl groups excluding tert-OH is 1. The number of nitrogens with two attached hydrogens (primary N) is 1. The van der Waals surface area contributed by atoms with E-state index in [2.05, 4.69) is 13.8 Å². The summed E-state index contributed by atoms with van der Waals surface area (Å²) in [5.41, 5.74) is 5.88. The van der Waals surface area contributed by atoms with Gasteiger partial charge in [0.2, 0.25) is 0 Å². The number of aliphatic hydroxyl groups is 1. The topological polar surface area (TPSA) is 64.7 Å². The van der Waals surface area contributed by atoms with E-state index >= 15 is 0 Å². The SMILES string of the molecule is CCCCOCCOC(CO)C(N)CCC. The van der Waals surface area contributed by atoms with E-state index in [9.17, 15) is 0 Å². The molecule has 0 aliphatic rings. The lowest BCUT2D eigenvalue weighted by atomic mass is 10.1. The summed E-state index contributed by atoms with van der Waals surface area (Å²) < 4.78 is 10.8. The molecule has 2 unspecified atom stereocenters. The van der Waals surface area contributed by atoms with Gasteiger partial charge in [-0.3, -0.25) is 0 Å². The predicted octanol–water partition coefficient (Wildman–Crippen LogP) is 1.31. The summed E-state index contributed by atoms with van der Waals surface area (Å²) in [6.07, 6.45) is 3.85. The Balaban J connectivity index is 3.47. The molecular weight excluding hydrogens is 206 g/mol. The van der Waals surface area contributed by atoms with Crippen molar-refractivity contribution in [1.82, 2.24) is 0 Å². The van der Waals surface area contributed by atoms with Crippen LogP contribution < -0.4 is 5.73 Å². The first-order valence-corrected chi connectivity index (χ1v) is 6.32. The first-order chi connectivity index (χ1) is 7.76. The monoisotopic (exact) mass is 233 g/mol. The van der Waals surface area contributed by atoms with Crippen molar-refractivity contribution >= 4 is 0 Å². The number of hydrogen-bond acceptors (Lipinski definition) is 4. The molecule has 16 heavy (non-hydrogen) atoms. The van der Waals surface area contributed by atoms with Crippen molar-refractivity contribution in [3.05, 3.63) is 0 Å². The lowest BCUT2D eigenvalue weighted by Gasteiger charge is -2.21. The Labute approximate surface area is 99.1 Å². The van der Waals surface area contributed by atoms with E-state index in [-0.39, 0.29) is 18.8 Å². The Morgan fingerprint density at radius 3 is 2.44 bits per heavy atom. The van der Waals surface area contributed by atoms with Crippen LogP contribution in [0.5, 0.6) is 0 Å². The minimum atomic E-state index is -0.255.